The molecule has 3 unspecified atom stereocenters. The molecule has 3 aliphatic rings. The van der Waals surface area contributed by atoms with Gasteiger partial charge in [-0.05, 0) is 163 Å². The molecule has 0 aliphatic heterocycles. The number of amides is 4. The maximum Gasteiger partial charge on any atom is 0.339 e. The predicted octanol–water partition coefficient (Wildman–Crippen LogP) is 12.8. The molecule has 3 saturated carbocycles. The normalized spacial score (nSPS) is 14.4. The Morgan fingerprint density at radius 3 is 1.13 bits per heavy atom. The average molecular weight is 1820 g/mol. The maximum atomic E-state index is 14.1. The van der Waals surface area contributed by atoms with Gasteiger partial charge < -0.3 is 76.3 Å². The Morgan fingerprint density at radius 2 is 0.756 bits per heavy atom. The van der Waals surface area contributed by atoms with Crippen molar-refractivity contribution in [2.75, 3.05) is 106 Å². The van der Waals surface area contributed by atoms with Gasteiger partial charge in [-0.15, -0.1) is 0 Å². The quantitative estimate of drug-likeness (QED) is 0.0146. The number of carbonyl (C=O) groups excluding carboxylic acids is 5. The monoisotopic (exact) mass is 1810 g/mol. The first-order valence-corrected chi connectivity index (χ1v) is 43.6. The first kappa shape index (κ1) is 91.9. The number of hydroxylamine groups is 9. The zero-order chi connectivity index (χ0) is 95.1. The number of methoxy groups -OCH3 is 1. The van der Waals surface area contributed by atoms with Crippen molar-refractivity contribution in [3.8, 4) is 51.4 Å². The number of carbonyl (C=O) groups is 5. The van der Waals surface area contributed by atoms with E-state index in [2.05, 4.69) is 35.2 Å². The second kappa shape index (κ2) is 38.9. The number of ether oxygens (including phenoxy) is 2. The third kappa shape index (κ3) is 20.2. The molecule has 6 aromatic heterocycles. The fourth-order valence-corrected chi connectivity index (χ4v) is 15.9. The molecule has 15 aromatic rings. The summed E-state index contributed by atoms with van der Waals surface area (Å²) in [5, 5.41) is 40.5. The Kier molecular flexibility index (Phi) is 26.5. The van der Waals surface area contributed by atoms with Gasteiger partial charge >= 0.3 is 17.1 Å². The largest absolute Gasteiger partial charge is 0.633 e. The van der Waals surface area contributed by atoms with Gasteiger partial charge in [0.05, 0.1) is 100 Å². The summed E-state index contributed by atoms with van der Waals surface area (Å²) in [6, 6.07) is 67.5. The van der Waals surface area contributed by atoms with Crippen LogP contribution in [0.3, 0.4) is 0 Å². The highest BCUT2D eigenvalue weighted by molar-refractivity contribution is 6.05. The fourth-order valence-electron chi connectivity index (χ4n) is 15.9. The van der Waals surface area contributed by atoms with Crippen LogP contribution in [0, 0.1) is 15.6 Å². The van der Waals surface area contributed by atoms with Crippen molar-refractivity contribution < 1.29 is 47.4 Å². The first-order chi connectivity index (χ1) is 64.9. The van der Waals surface area contributed by atoms with E-state index >= 15 is 0 Å². The molecule has 135 heavy (non-hydrogen) atoms. The molecule has 0 spiro atoms. The van der Waals surface area contributed by atoms with Gasteiger partial charge in [-0.2, -0.15) is 0 Å². The van der Waals surface area contributed by atoms with Crippen LogP contribution in [-0.4, -0.2) is 188 Å². The van der Waals surface area contributed by atoms with E-state index in [1.165, 1.54) is 86.4 Å². The molecule has 35 heteroatoms. The summed E-state index contributed by atoms with van der Waals surface area (Å²) in [5.74, 6) is 0.651. The number of hydrogen-bond donors (Lipinski definition) is 4. The molecule has 3 aliphatic carbocycles. The summed E-state index contributed by atoms with van der Waals surface area (Å²) in [6.45, 7) is 0.674. The molecule has 9 aromatic carbocycles. The lowest BCUT2D eigenvalue weighted by atomic mass is 10.0. The second-order valence-electron chi connectivity index (χ2n) is 33.6. The lowest BCUT2D eigenvalue weighted by Crippen LogP contribution is -2.40. The molecule has 3 atom stereocenters. The van der Waals surface area contributed by atoms with Gasteiger partial charge in [0.15, 0.2) is 51.7 Å². The Balaban J connectivity index is 0.000000147. The van der Waals surface area contributed by atoms with Gasteiger partial charge in [0, 0.05) is 124 Å². The van der Waals surface area contributed by atoms with Crippen molar-refractivity contribution in [2.45, 2.75) is 63.1 Å². The number of imidazole rings is 3. The van der Waals surface area contributed by atoms with E-state index in [9.17, 15) is 54.0 Å². The van der Waals surface area contributed by atoms with Gasteiger partial charge in [-0.1, -0.05) is 84.9 Å². The number of Topliss-reactive ketones (excluding diaryl/α,β-unsaturated/α-hetero) is 1. The van der Waals surface area contributed by atoms with E-state index in [1.807, 2.05) is 66.7 Å². The Hall–Kier alpha value is -16.4. The van der Waals surface area contributed by atoms with Crippen LogP contribution in [0.25, 0.3) is 67.6 Å². The summed E-state index contributed by atoms with van der Waals surface area (Å²) >= 11 is 0. The van der Waals surface area contributed by atoms with E-state index in [1.54, 1.807) is 224 Å². The number of anilines is 7. The molecule has 686 valence electrons. The lowest BCUT2D eigenvalue weighted by molar-refractivity contribution is -0.865. The van der Waals surface area contributed by atoms with Crippen LogP contribution in [0.4, 0.5) is 40.2 Å². The zero-order valence-corrected chi connectivity index (χ0v) is 75.0. The Morgan fingerprint density at radius 1 is 0.407 bits per heavy atom. The molecule has 35 nitrogen and oxygen atoms in total. The van der Waals surface area contributed by atoms with E-state index in [-0.39, 0.29) is 122 Å². The number of quaternary nitrogens is 3. The highest BCUT2D eigenvalue weighted by atomic mass is 16.6. The number of rotatable bonds is 29. The van der Waals surface area contributed by atoms with Crippen LogP contribution < -0.4 is 63.8 Å². The van der Waals surface area contributed by atoms with Gasteiger partial charge in [0.25, 0.3) is 23.6 Å². The maximum absolute atomic E-state index is 14.1. The highest BCUT2D eigenvalue weighted by Crippen LogP contribution is 2.38. The smallest absolute Gasteiger partial charge is 0.339 e. The second-order valence-corrected chi connectivity index (χ2v) is 33.6. The van der Waals surface area contributed by atoms with E-state index in [4.69, 9.17) is 26.7 Å². The van der Waals surface area contributed by atoms with Crippen molar-refractivity contribution in [3.05, 3.63) is 350 Å². The number of nitrogens with zero attached hydrogens (tertiary/aromatic N) is 18. The van der Waals surface area contributed by atoms with Crippen LogP contribution in [0.5, 0.6) is 17.2 Å². The number of nitrogens with two attached hydrogens (primary N) is 3. The van der Waals surface area contributed by atoms with Crippen LogP contribution in [0.1, 0.15) is 64.8 Å². The number of aromatic nitrogens is 12. The van der Waals surface area contributed by atoms with Crippen LogP contribution in [0.15, 0.2) is 300 Å². The number of nitrogens with one attached hydrogen (secondary N) is 1. The number of nitrogen functional groups attached to an aromatic ring is 3. The van der Waals surface area contributed by atoms with Crippen LogP contribution >= 0.6 is 0 Å². The number of likely N-dealkylation sites (N-methyl/N-ethyl adjacent to an activating group) is 6. The predicted molar refractivity (Wildman–Crippen MR) is 519 cm³/mol. The minimum Gasteiger partial charge on any atom is -0.633 e. The van der Waals surface area contributed by atoms with Gasteiger partial charge in [0.1, 0.15) is 41.3 Å². The average Bonchev–Trinajstić information content (AvgIpc) is 1.59. The van der Waals surface area contributed by atoms with E-state index < -0.39 is 17.1 Å². The molecule has 7 N–H and O–H groups in total. The van der Waals surface area contributed by atoms with E-state index in [0.29, 0.717) is 102 Å². The molecule has 6 heterocycles. The van der Waals surface area contributed by atoms with Crippen molar-refractivity contribution >= 4 is 103 Å². The minimum atomic E-state index is -0.449. The lowest BCUT2D eigenvalue weighted by Gasteiger charge is -2.38. The molecule has 4 amide bonds. The summed E-state index contributed by atoms with van der Waals surface area (Å²) in [4.78, 5) is 136. The molecular weight excluding hydrogens is 1720 g/mol. The molecule has 0 radical (unpaired) electrons. The Bertz CT molecular complexity index is 7280. The molecule has 18 rings (SSSR count). The first-order valence-electron chi connectivity index (χ1n) is 43.6. The number of fused-ring (bicyclic) bond motifs is 3. The topological polar surface area (TPSA) is 431 Å². The molecular formula is C100H98N22O13. The van der Waals surface area contributed by atoms with Crippen LogP contribution in [0.2, 0.25) is 0 Å². The van der Waals surface area contributed by atoms with Crippen molar-refractivity contribution in [2.24, 2.45) is 0 Å². The SMILES string of the molecule is CN(C(=O)/C=C/C[N+](C)([O-])C1CC1)c1cccc(-n2c(=O)n(-c3ccc(C(=O)Cc4ccccc4)cc3)c3c(N)ncnc32)c1.CN(C(=O)/C=C/C[N+](C)([O-])C1CC1)c1cccc(-n2c(=O)n(-c3ccc(NC(=O)c4ccccc4)cc3)c3c(N)ncnc32)c1.COc1cc(-n2c(=O)n(-c3cccc(N(C)C(=O)/C=C/C[N+](C)([O-])C4CC4)c3)c3ncnc(N)c32)ccc1Oc1ccccc1. The standard InChI is InChI=1S/C34H33N7O4.C33H32N8O4.C33H33N7O5/c1-38(30(43)12-7-19-41(2,45)28-17-18-28)26-10-6-11-27(21-26)40-33-31(32(35)36-22-37-33)39(34(40)44)25-15-13-24(14-16-25)29(42)20-23-8-4-3-5-9-23;1-38(28(42)12-7-19-41(2,45)27-17-18-27)25-10-6-11-26(20-25)40-31-29(30(34)35-21-36-31)39(33(40)44)24-15-13-23(14-16-24)37-32(43)22-8-4-3-5-9-22;1-37(29(41)13-8-18-40(2,43)25-15-16-25)22-9-7-10-23(19-22)39-32-30(31(34)35-21-36-32)38(33(39)42)24-14-17-27(28(20-24)44-3)45-26-11-5-4-6-12-26/h3-16,21-22,28H,17-20H2,1-2H3,(H2,35,36,37);3-16,20-21,27H,17-19H2,1-2H3,(H,37,43)(H2,34,35,36);4-14,17,19-21,25H,15-16,18H2,1-3H3,(H2,34,35,36)/b2*12-7+;13-8+. The molecule has 3 fully saturated rings. The number of para-hydroxylation sites is 1. The fraction of sp³-hybridized carbons (Fsp3) is 0.200. The zero-order valence-electron chi connectivity index (χ0n) is 75.0. The molecule has 0 bridgehead atoms. The highest BCUT2D eigenvalue weighted by Gasteiger charge is 2.37. The van der Waals surface area contributed by atoms with Gasteiger partial charge in [-0.3, -0.25) is 37.7 Å². The third-order valence-electron chi connectivity index (χ3n) is 24.0. The van der Waals surface area contributed by atoms with Crippen LogP contribution in [-0.2, 0) is 20.8 Å². The van der Waals surface area contributed by atoms with Crippen molar-refractivity contribution in [1.29, 1.82) is 0 Å². The number of hydrogen-bond acceptors (Lipinski definition) is 22. The summed E-state index contributed by atoms with van der Waals surface area (Å²) in [7, 11) is 11.3. The Labute approximate surface area is 774 Å². The van der Waals surface area contributed by atoms with Crippen molar-refractivity contribution in [1.82, 2.24) is 57.3 Å². The summed E-state index contributed by atoms with van der Waals surface area (Å²) in [5.41, 5.74) is 26.3. The minimum absolute atomic E-state index is 0.0419. The third-order valence-corrected chi connectivity index (χ3v) is 24.0. The van der Waals surface area contributed by atoms with Crippen molar-refractivity contribution in [3.63, 3.8) is 0 Å². The molecule has 0 saturated heterocycles. The van der Waals surface area contributed by atoms with Gasteiger partial charge in [-0.25, -0.2) is 58.0 Å². The van der Waals surface area contributed by atoms with Gasteiger partial charge in [0.2, 0.25) is 0 Å². The summed E-state index contributed by atoms with van der Waals surface area (Å²) < 4.78 is 18.9. The summed E-state index contributed by atoms with van der Waals surface area (Å²) in [6.07, 6.45) is 18.7. The number of benzene rings is 9. The number of ketones is 1. The van der Waals surface area contributed by atoms with E-state index in [0.717, 1.165) is 44.1 Å².